The maximum atomic E-state index is 13.8. The fourth-order valence-electron chi connectivity index (χ4n) is 4.03. The molecule has 3 aromatic carbocycles. The van der Waals surface area contributed by atoms with E-state index in [1.165, 1.54) is 5.56 Å². The molecule has 1 N–H and O–H groups in total. The van der Waals surface area contributed by atoms with Crippen molar-refractivity contribution < 1.29 is 9.90 Å². The van der Waals surface area contributed by atoms with Crippen molar-refractivity contribution in [2.45, 2.75) is 25.0 Å². The summed E-state index contributed by atoms with van der Waals surface area (Å²) < 4.78 is 0.601. The molecule has 4 rings (SSSR count). The fraction of sp³-hybridized carbons (Fsp3) is 0.231. The highest BCUT2D eigenvalue weighted by Gasteiger charge is 2.40. The predicted molar refractivity (Wildman–Crippen MR) is 131 cm³/mol. The van der Waals surface area contributed by atoms with E-state index in [1.54, 1.807) is 16.7 Å². The van der Waals surface area contributed by atoms with Gasteiger partial charge in [-0.1, -0.05) is 115 Å². The van der Waals surface area contributed by atoms with Gasteiger partial charge in [-0.15, -0.1) is 0 Å². The Hall–Kier alpha value is -2.47. The van der Waals surface area contributed by atoms with Crippen LogP contribution in [0, 0.1) is 5.92 Å². The van der Waals surface area contributed by atoms with Crippen LogP contribution in [0.3, 0.4) is 0 Å². The van der Waals surface area contributed by atoms with Gasteiger partial charge in [-0.25, -0.2) is 0 Å². The summed E-state index contributed by atoms with van der Waals surface area (Å²) in [6.45, 7) is 0. The monoisotopic (exact) mass is 447 g/mol. The second kappa shape index (κ2) is 10.2. The van der Waals surface area contributed by atoms with Gasteiger partial charge in [0, 0.05) is 5.75 Å². The lowest BCUT2D eigenvalue weighted by molar-refractivity contribution is -0.136. The van der Waals surface area contributed by atoms with Crippen molar-refractivity contribution in [2.24, 2.45) is 5.92 Å². The third-order valence-electron chi connectivity index (χ3n) is 5.65. The summed E-state index contributed by atoms with van der Waals surface area (Å²) >= 11 is 7.13. The van der Waals surface area contributed by atoms with Crippen LogP contribution in [0.25, 0.3) is 0 Å². The normalized spacial score (nSPS) is 18.0. The van der Waals surface area contributed by atoms with E-state index in [9.17, 15) is 9.90 Å². The molecule has 1 heterocycles. The van der Waals surface area contributed by atoms with Crippen LogP contribution in [0.2, 0.25) is 0 Å². The van der Waals surface area contributed by atoms with Gasteiger partial charge in [0.1, 0.15) is 4.32 Å². The first-order valence-corrected chi connectivity index (χ1v) is 11.8. The molecule has 0 bridgehead atoms. The molecule has 0 saturated carbocycles. The van der Waals surface area contributed by atoms with Crippen molar-refractivity contribution in [1.82, 2.24) is 4.90 Å². The molecule has 3 aromatic rings. The van der Waals surface area contributed by atoms with Gasteiger partial charge in [-0.2, -0.15) is 0 Å². The number of thiocarbonyl (C=S) groups is 1. The number of aliphatic hydroxyl groups excluding tert-OH is 1. The molecule has 0 unspecified atom stereocenters. The number of carbonyl (C=O) groups excluding carboxylic acids is 1. The number of amides is 1. The van der Waals surface area contributed by atoms with Crippen LogP contribution in [0.15, 0.2) is 91.0 Å². The third-order valence-corrected chi connectivity index (χ3v) is 7.20. The smallest absolute Gasteiger partial charge is 0.234 e. The number of benzene rings is 3. The van der Waals surface area contributed by atoms with Crippen molar-refractivity contribution in [3.05, 3.63) is 108 Å². The van der Waals surface area contributed by atoms with Gasteiger partial charge >= 0.3 is 0 Å². The Morgan fingerprint density at radius 2 is 1.48 bits per heavy atom. The first-order valence-electron chi connectivity index (χ1n) is 10.4. The van der Waals surface area contributed by atoms with E-state index in [4.69, 9.17) is 12.2 Å². The second-order valence-corrected chi connectivity index (χ2v) is 9.43. The SMILES string of the molecule is O=C([C@H](Cc1ccccc1)[C@H](O)c1ccccc1)N1C(=S)SC[C@@H]1Cc1ccccc1. The first kappa shape index (κ1) is 21.8. The van der Waals surface area contributed by atoms with Crippen LogP contribution in [-0.2, 0) is 17.6 Å². The zero-order valence-corrected chi connectivity index (χ0v) is 18.8. The zero-order chi connectivity index (χ0) is 21.6. The minimum atomic E-state index is -0.903. The Kier molecular flexibility index (Phi) is 7.17. The fourth-order valence-corrected chi connectivity index (χ4v) is 5.45. The zero-order valence-electron chi connectivity index (χ0n) is 17.1. The molecule has 1 aliphatic rings. The highest BCUT2D eigenvalue weighted by molar-refractivity contribution is 8.23. The van der Waals surface area contributed by atoms with Crippen molar-refractivity contribution in [1.29, 1.82) is 0 Å². The Labute approximate surface area is 193 Å². The molecular weight excluding hydrogens is 422 g/mol. The molecule has 0 spiro atoms. The lowest BCUT2D eigenvalue weighted by Gasteiger charge is -2.31. The lowest BCUT2D eigenvalue weighted by atomic mass is 9.88. The number of aliphatic hydroxyl groups is 1. The molecule has 0 aliphatic carbocycles. The average Bonchev–Trinajstić information content (AvgIpc) is 3.18. The highest BCUT2D eigenvalue weighted by Crippen LogP contribution is 2.33. The van der Waals surface area contributed by atoms with Gasteiger partial charge in [0.2, 0.25) is 5.91 Å². The summed E-state index contributed by atoms with van der Waals surface area (Å²) in [5, 5.41) is 11.2. The summed E-state index contributed by atoms with van der Waals surface area (Å²) in [6.07, 6.45) is 0.302. The maximum absolute atomic E-state index is 13.8. The van der Waals surface area contributed by atoms with E-state index >= 15 is 0 Å². The van der Waals surface area contributed by atoms with Gasteiger partial charge in [0.15, 0.2) is 0 Å². The maximum Gasteiger partial charge on any atom is 0.234 e. The molecule has 5 heteroatoms. The van der Waals surface area contributed by atoms with Crippen LogP contribution in [0.4, 0.5) is 0 Å². The molecule has 1 fully saturated rings. The van der Waals surface area contributed by atoms with Crippen LogP contribution < -0.4 is 0 Å². The molecule has 3 nitrogen and oxygen atoms in total. The Balaban J connectivity index is 1.62. The molecule has 158 valence electrons. The number of nitrogens with zero attached hydrogens (tertiary/aromatic N) is 1. The van der Waals surface area contributed by atoms with Gasteiger partial charge in [-0.3, -0.25) is 9.69 Å². The molecule has 1 amide bonds. The van der Waals surface area contributed by atoms with E-state index in [1.807, 2.05) is 78.9 Å². The van der Waals surface area contributed by atoms with Crippen LogP contribution in [0.1, 0.15) is 22.8 Å². The minimum absolute atomic E-state index is 0.00588. The minimum Gasteiger partial charge on any atom is -0.388 e. The number of thioether (sulfide) groups is 1. The van der Waals surface area contributed by atoms with E-state index in [-0.39, 0.29) is 11.9 Å². The van der Waals surface area contributed by atoms with Gasteiger partial charge in [0.05, 0.1) is 18.1 Å². The van der Waals surface area contributed by atoms with Crippen LogP contribution >= 0.6 is 24.0 Å². The first-order chi connectivity index (χ1) is 15.1. The van der Waals surface area contributed by atoms with Crippen molar-refractivity contribution >= 4 is 34.2 Å². The summed E-state index contributed by atoms with van der Waals surface area (Å²) in [4.78, 5) is 15.6. The van der Waals surface area contributed by atoms with Crippen LogP contribution in [-0.4, -0.2) is 32.0 Å². The third kappa shape index (κ3) is 5.24. The summed E-state index contributed by atoms with van der Waals surface area (Å²) in [5.74, 6) is 0.0646. The highest BCUT2D eigenvalue weighted by atomic mass is 32.2. The molecule has 0 radical (unpaired) electrons. The Morgan fingerprint density at radius 3 is 2.10 bits per heavy atom. The quantitative estimate of drug-likeness (QED) is 0.515. The number of hydrogen-bond donors (Lipinski definition) is 1. The Morgan fingerprint density at radius 1 is 0.935 bits per heavy atom. The van der Waals surface area contributed by atoms with Gasteiger partial charge < -0.3 is 5.11 Å². The van der Waals surface area contributed by atoms with Gasteiger partial charge in [-0.05, 0) is 29.5 Å². The number of carbonyl (C=O) groups is 1. The largest absolute Gasteiger partial charge is 0.388 e. The Bertz CT molecular complexity index is 1010. The number of hydrogen-bond acceptors (Lipinski definition) is 4. The summed E-state index contributed by atoms with van der Waals surface area (Å²) in [5.41, 5.74) is 2.95. The topological polar surface area (TPSA) is 40.5 Å². The second-order valence-electron chi connectivity index (χ2n) is 7.78. The van der Waals surface area contributed by atoms with E-state index < -0.39 is 12.0 Å². The average molecular weight is 448 g/mol. The van der Waals surface area contributed by atoms with E-state index in [0.717, 1.165) is 23.3 Å². The molecule has 1 aliphatic heterocycles. The standard InChI is InChI=1S/C26H25NO2S2/c28-24(21-14-8-3-9-15-21)23(17-20-12-6-2-7-13-20)25(29)27-22(18-31-26(27)30)16-19-10-4-1-5-11-19/h1-15,22-24,28H,16-18H2/t22-,23+,24+/m0/s1. The molecular formula is C26H25NO2S2. The van der Waals surface area contributed by atoms with Crippen molar-refractivity contribution in [3.63, 3.8) is 0 Å². The number of rotatable bonds is 7. The van der Waals surface area contributed by atoms with Crippen LogP contribution in [0.5, 0.6) is 0 Å². The van der Waals surface area contributed by atoms with E-state index in [2.05, 4.69) is 12.1 Å². The van der Waals surface area contributed by atoms with Crippen molar-refractivity contribution in [2.75, 3.05) is 5.75 Å². The molecule has 3 atom stereocenters. The molecule has 1 saturated heterocycles. The van der Waals surface area contributed by atoms with E-state index in [0.29, 0.717) is 10.7 Å². The molecule has 0 aromatic heterocycles. The van der Waals surface area contributed by atoms with Crippen molar-refractivity contribution in [3.8, 4) is 0 Å². The summed E-state index contributed by atoms with van der Waals surface area (Å²) in [7, 11) is 0. The summed E-state index contributed by atoms with van der Waals surface area (Å²) in [6, 6.07) is 29.5. The van der Waals surface area contributed by atoms with Gasteiger partial charge in [0.25, 0.3) is 0 Å². The lowest BCUT2D eigenvalue weighted by Crippen LogP contribution is -2.45. The predicted octanol–water partition coefficient (Wildman–Crippen LogP) is 5.05. The molecule has 31 heavy (non-hydrogen) atoms.